The third-order valence-corrected chi connectivity index (χ3v) is 4.69. The number of ether oxygens (including phenoxy) is 1. The van der Waals surface area contributed by atoms with E-state index >= 15 is 0 Å². The molecule has 1 aromatic carbocycles. The molecule has 1 atom stereocenters. The molecule has 0 saturated heterocycles. The number of benzene rings is 1. The van der Waals surface area contributed by atoms with Gasteiger partial charge < -0.3 is 9.84 Å². The largest absolute Gasteiger partial charge is 0.439 e. The van der Waals surface area contributed by atoms with Crippen molar-refractivity contribution in [3.8, 4) is 10.8 Å². The van der Waals surface area contributed by atoms with Gasteiger partial charge in [0.25, 0.3) is 5.06 Å². The van der Waals surface area contributed by atoms with Crippen LogP contribution in [-0.2, 0) is 0 Å². The standard InChI is InChI=1S/C12H9Br2NO4S/c1-6(16)11-5-9(15(17)18)12(20-11)19-10-3-2-7(13)4-8(10)14/h2-6,16H,1H3/t6-/m1/s1. The number of rotatable bonds is 4. The van der Waals surface area contributed by atoms with Gasteiger partial charge in [0, 0.05) is 15.4 Å². The van der Waals surface area contributed by atoms with E-state index in [2.05, 4.69) is 31.9 Å². The number of aliphatic hydroxyl groups excluding tert-OH is 1. The molecule has 0 aliphatic heterocycles. The second kappa shape index (κ2) is 6.21. The van der Waals surface area contributed by atoms with Crippen molar-refractivity contribution in [2.75, 3.05) is 0 Å². The van der Waals surface area contributed by atoms with Gasteiger partial charge in [-0.1, -0.05) is 27.3 Å². The van der Waals surface area contributed by atoms with Crippen LogP contribution in [0.5, 0.6) is 10.8 Å². The van der Waals surface area contributed by atoms with Crippen LogP contribution < -0.4 is 4.74 Å². The first-order chi connectivity index (χ1) is 9.38. The lowest BCUT2D eigenvalue weighted by Crippen LogP contribution is -1.90. The van der Waals surface area contributed by atoms with E-state index in [0.29, 0.717) is 15.1 Å². The van der Waals surface area contributed by atoms with Crippen molar-refractivity contribution in [3.05, 3.63) is 48.2 Å². The van der Waals surface area contributed by atoms with Gasteiger partial charge >= 0.3 is 5.69 Å². The Morgan fingerprint density at radius 2 is 2.10 bits per heavy atom. The molecule has 0 radical (unpaired) electrons. The molecule has 0 bridgehead atoms. The molecule has 5 nitrogen and oxygen atoms in total. The highest BCUT2D eigenvalue weighted by molar-refractivity contribution is 9.11. The van der Waals surface area contributed by atoms with E-state index in [1.54, 1.807) is 25.1 Å². The molecular weight excluding hydrogens is 414 g/mol. The van der Waals surface area contributed by atoms with Gasteiger partial charge in [-0.2, -0.15) is 0 Å². The molecule has 1 heterocycles. The smallest absolute Gasteiger partial charge is 0.323 e. The van der Waals surface area contributed by atoms with Gasteiger partial charge in [0.15, 0.2) is 0 Å². The quantitative estimate of drug-likeness (QED) is 0.554. The maximum atomic E-state index is 11.0. The normalized spacial score (nSPS) is 12.2. The summed E-state index contributed by atoms with van der Waals surface area (Å²) in [6.45, 7) is 1.55. The lowest BCUT2D eigenvalue weighted by molar-refractivity contribution is -0.385. The Morgan fingerprint density at radius 3 is 2.65 bits per heavy atom. The predicted octanol–water partition coefficient (Wildman–Crippen LogP) is 5.03. The Morgan fingerprint density at radius 1 is 1.40 bits per heavy atom. The van der Waals surface area contributed by atoms with Crippen LogP contribution in [0.2, 0.25) is 0 Å². The van der Waals surface area contributed by atoms with Crippen molar-refractivity contribution in [1.29, 1.82) is 0 Å². The fourth-order valence-electron chi connectivity index (χ4n) is 1.45. The summed E-state index contributed by atoms with van der Waals surface area (Å²) in [4.78, 5) is 11.0. The number of nitro groups is 1. The average Bonchev–Trinajstić information content (AvgIpc) is 2.77. The van der Waals surface area contributed by atoms with Crippen LogP contribution in [0, 0.1) is 10.1 Å². The predicted molar refractivity (Wildman–Crippen MR) is 83.5 cm³/mol. The molecule has 2 aromatic rings. The van der Waals surface area contributed by atoms with Gasteiger partial charge in [0.1, 0.15) is 5.75 Å². The molecule has 0 aliphatic rings. The lowest BCUT2D eigenvalue weighted by Gasteiger charge is -2.05. The van der Waals surface area contributed by atoms with Crippen molar-refractivity contribution < 1.29 is 14.8 Å². The second-order valence-corrected chi connectivity index (χ2v) is 6.75. The molecule has 1 N–H and O–H groups in total. The van der Waals surface area contributed by atoms with Gasteiger partial charge in [-0.3, -0.25) is 10.1 Å². The van der Waals surface area contributed by atoms with Crippen LogP contribution in [0.4, 0.5) is 5.69 Å². The molecule has 8 heteroatoms. The van der Waals surface area contributed by atoms with E-state index in [-0.39, 0.29) is 10.8 Å². The van der Waals surface area contributed by atoms with Crippen LogP contribution in [0.15, 0.2) is 33.2 Å². The maximum Gasteiger partial charge on any atom is 0.323 e. The Bertz CT molecular complexity index is 657. The summed E-state index contributed by atoms with van der Waals surface area (Å²) in [6, 6.07) is 6.58. The Balaban J connectivity index is 2.39. The lowest BCUT2D eigenvalue weighted by atomic mass is 10.3. The van der Waals surface area contributed by atoms with E-state index in [4.69, 9.17) is 4.74 Å². The molecule has 0 saturated carbocycles. The molecule has 106 valence electrons. The molecular formula is C12H9Br2NO4S. The van der Waals surface area contributed by atoms with Gasteiger partial charge in [-0.15, -0.1) is 0 Å². The second-order valence-electron chi connectivity index (χ2n) is 3.93. The highest BCUT2D eigenvalue weighted by Gasteiger charge is 2.23. The molecule has 0 aliphatic carbocycles. The summed E-state index contributed by atoms with van der Waals surface area (Å²) >= 11 is 7.71. The number of hydrogen-bond donors (Lipinski definition) is 1. The van der Waals surface area contributed by atoms with Crippen molar-refractivity contribution in [2.24, 2.45) is 0 Å². The molecule has 0 spiro atoms. The monoisotopic (exact) mass is 421 g/mol. The first kappa shape index (κ1) is 15.4. The zero-order valence-corrected chi connectivity index (χ0v) is 14.2. The first-order valence-electron chi connectivity index (χ1n) is 5.47. The molecule has 1 aromatic heterocycles. The summed E-state index contributed by atoms with van der Waals surface area (Å²) in [5, 5.41) is 20.7. The summed E-state index contributed by atoms with van der Waals surface area (Å²) in [5.41, 5.74) is -0.152. The van der Waals surface area contributed by atoms with Crippen LogP contribution in [0.3, 0.4) is 0 Å². The molecule has 0 amide bonds. The van der Waals surface area contributed by atoms with E-state index < -0.39 is 11.0 Å². The summed E-state index contributed by atoms with van der Waals surface area (Å²) in [7, 11) is 0. The summed E-state index contributed by atoms with van der Waals surface area (Å²) < 4.78 is 7.12. The fraction of sp³-hybridized carbons (Fsp3) is 0.167. The van der Waals surface area contributed by atoms with Crippen LogP contribution in [0.25, 0.3) is 0 Å². The Labute approximate surface area is 135 Å². The van der Waals surface area contributed by atoms with Gasteiger partial charge in [-0.25, -0.2) is 0 Å². The van der Waals surface area contributed by atoms with Gasteiger partial charge in [-0.05, 0) is 41.1 Å². The van der Waals surface area contributed by atoms with Crippen LogP contribution >= 0.6 is 43.2 Å². The number of nitrogens with zero attached hydrogens (tertiary/aromatic N) is 1. The molecule has 20 heavy (non-hydrogen) atoms. The van der Waals surface area contributed by atoms with Crippen LogP contribution in [-0.4, -0.2) is 10.0 Å². The zero-order valence-electron chi connectivity index (χ0n) is 10.2. The van der Waals surface area contributed by atoms with Crippen molar-refractivity contribution in [2.45, 2.75) is 13.0 Å². The topological polar surface area (TPSA) is 72.6 Å². The number of halogens is 2. The minimum atomic E-state index is -0.774. The third-order valence-electron chi connectivity index (χ3n) is 2.40. The van der Waals surface area contributed by atoms with E-state index in [1.165, 1.54) is 6.07 Å². The van der Waals surface area contributed by atoms with Gasteiger partial charge in [0.2, 0.25) is 0 Å². The highest BCUT2D eigenvalue weighted by atomic mass is 79.9. The molecule has 0 fully saturated rings. The summed E-state index contributed by atoms with van der Waals surface area (Å²) in [6.07, 6.45) is -0.774. The van der Waals surface area contributed by atoms with Crippen LogP contribution in [0.1, 0.15) is 17.9 Å². The van der Waals surface area contributed by atoms with Gasteiger partial charge in [0.05, 0.1) is 15.5 Å². The Kier molecular flexibility index (Phi) is 4.79. The fourth-order valence-corrected chi connectivity index (χ4v) is 3.50. The molecule has 0 unspecified atom stereocenters. The molecule has 2 rings (SSSR count). The van der Waals surface area contributed by atoms with E-state index in [1.807, 2.05) is 0 Å². The third kappa shape index (κ3) is 3.38. The van der Waals surface area contributed by atoms with Crippen molar-refractivity contribution >= 4 is 48.9 Å². The maximum absolute atomic E-state index is 11.0. The van der Waals surface area contributed by atoms with Crippen molar-refractivity contribution in [3.63, 3.8) is 0 Å². The average molecular weight is 423 g/mol. The first-order valence-corrected chi connectivity index (χ1v) is 7.88. The Hall–Kier alpha value is -0.960. The van der Waals surface area contributed by atoms with E-state index in [0.717, 1.165) is 15.8 Å². The minimum absolute atomic E-state index is 0.147. The highest BCUT2D eigenvalue weighted by Crippen LogP contribution is 2.43. The number of hydrogen-bond acceptors (Lipinski definition) is 5. The van der Waals surface area contributed by atoms with E-state index in [9.17, 15) is 15.2 Å². The number of thiophene rings is 1. The van der Waals surface area contributed by atoms with Crippen molar-refractivity contribution in [1.82, 2.24) is 0 Å². The zero-order chi connectivity index (χ0) is 14.9. The summed E-state index contributed by atoms with van der Waals surface area (Å²) in [5.74, 6) is 0.468. The SMILES string of the molecule is C[C@@H](O)c1cc([N+](=O)[O-])c(Oc2ccc(Br)cc2Br)s1. The number of aliphatic hydroxyl groups is 1. The minimum Gasteiger partial charge on any atom is -0.439 e.